The van der Waals surface area contributed by atoms with Crippen molar-refractivity contribution in [2.24, 2.45) is 10.2 Å². The molecular formula is C20H22N4S2. The maximum absolute atomic E-state index is 4.61. The van der Waals surface area contributed by atoms with Gasteiger partial charge in [0.15, 0.2) is 0 Å². The molecule has 0 aliphatic carbocycles. The quantitative estimate of drug-likeness (QED) is 0.824. The van der Waals surface area contributed by atoms with E-state index in [0.717, 1.165) is 21.2 Å². The molecule has 2 N–H and O–H groups in total. The van der Waals surface area contributed by atoms with Crippen molar-refractivity contribution < 1.29 is 0 Å². The molecule has 4 nitrogen and oxygen atoms in total. The molecule has 0 saturated heterocycles. The predicted octanol–water partition coefficient (Wildman–Crippen LogP) is 4.43. The van der Waals surface area contributed by atoms with Crippen LogP contribution in [0.1, 0.15) is 36.1 Å². The Bertz CT molecular complexity index is 814. The lowest BCUT2D eigenvalue weighted by Crippen LogP contribution is -2.57. The molecule has 6 heteroatoms. The molecule has 2 atom stereocenters. The zero-order valence-electron chi connectivity index (χ0n) is 15.3. The van der Waals surface area contributed by atoms with Crippen LogP contribution in [0.4, 0.5) is 0 Å². The molecule has 0 aromatic heterocycles. The minimum absolute atomic E-state index is 0.312. The van der Waals surface area contributed by atoms with E-state index in [9.17, 15) is 0 Å². The topological polar surface area (TPSA) is 48.8 Å². The Morgan fingerprint density at radius 1 is 0.654 bits per heavy atom. The number of benzene rings is 2. The molecular weight excluding hydrogens is 360 g/mol. The van der Waals surface area contributed by atoms with Gasteiger partial charge in [-0.15, -0.1) is 0 Å². The Hall–Kier alpha value is -1.92. The summed E-state index contributed by atoms with van der Waals surface area (Å²) in [5.41, 5.74) is 11.5. The molecule has 0 saturated carbocycles. The first-order valence-corrected chi connectivity index (χ1v) is 10.2. The molecule has 0 bridgehead atoms. The molecule has 0 unspecified atom stereocenters. The maximum atomic E-state index is 4.61. The van der Waals surface area contributed by atoms with Crippen LogP contribution >= 0.6 is 23.5 Å². The lowest BCUT2D eigenvalue weighted by Gasteiger charge is -2.38. The van der Waals surface area contributed by atoms with Crippen molar-refractivity contribution in [1.82, 2.24) is 10.9 Å². The van der Waals surface area contributed by atoms with Crippen LogP contribution in [0.3, 0.4) is 0 Å². The normalized spacial score (nSPS) is 27.5. The van der Waals surface area contributed by atoms with Gasteiger partial charge in [-0.25, -0.2) is 0 Å². The second kappa shape index (κ2) is 6.35. The van der Waals surface area contributed by atoms with E-state index in [0.29, 0.717) is 0 Å². The molecule has 134 valence electrons. The van der Waals surface area contributed by atoms with Gasteiger partial charge in [-0.3, -0.25) is 10.9 Å². The number of aryl methyl sites for hydroxylation is 2. The van der Waals surface area contributed by atoms with E-state index in [1.807, 2.05) is 0 Å². The van der Waals surface area contributed by atoms with Crippen LogP contribution in [0.5, 0.6) is 0 Å². The van der Waals surface area contributed by atoms with E-state index >= 15 is 0 Å². The Morgan fingerprint density at radius 2 is 1.00 bits per heavy atom. The monoisotopic (exact) mass is 382 g/mol. The number of hydrogen-bond donors (Lipinski definition) is 2. The fraction of sp³-hybridized carbons (Fsp3) is 0.300. The first-order chi connectivity index (χ1) is 12.4. The number of thioether (sulfide) groups is 2. The molecule has 0 fully saturated rings. The summed E-state index contributed by atoms with van der Waals surface area (Å²) < 4.78 is 0. The minimum Gasteiger partial charge on any atom is -0.289 e. The van der Waals surface area contributed by atoms with Crippen molar-refractivity contribution in [3.63, 3.8) is 0 Å². The van der Waals surface area contributed by atoms with Gasteiger partial charge in [-0.05, 0) is 27.7 Å². The van der Waals surface area contributed by atoms with Gasteiger partial charge in [0, 0.05) is 11.1 Å². The summed E-state index contributed by atoms with van der Waals surface area (Å²) in [5.74, 6) is 0. The third-order valence-corrected chi connectivity index (χ3v) is 7.84. The van der Waals surface area contributed by atoms with Crippen LogP contribution < -0.4 is 10.9 Å². The molecule has 2 aromatic rings. The van der Waals surface area contributed by atoms with E-state index in [4.69, 9.17) is 0 Å². The zero-order chi connectivity index (χ0) is 18.4. The average Bonchev–Trinajstić information content (AvgIpc) is 3.22. The smallest absolute Gasteiger partial charge is 0.137 e. The first-order valence-electron chi connectivity index (χ1n) is 8.60. The molecule has 2 aromatic carbocycles. The van der Waals surface area contributed by atoms with Crippen molar-refractivity contribution >= 4 is 33.6 Å². The summed E-state index contributed by atoms with van der Waals surface area (Å²) in [4.78, 5) is -0.623. The Labute approximate surface area is 162 Å². The molecule has 4 rings (SSSR count). The van der Waals surface area contributed by atoms with Crippen molar-refractivity contribution in [3.05, 3.63) is 70.8 Å². The lowest BCUT2D eigenvalue weighted by atomic mass is 10.2. The molecule has 0 amide bonds. The van der Waals surface area contributed by atoms with Crippen LogP contribution in [0.15, 0.2) is 58.7 Å². The molecule has 0 radical (unpaired) electrons. The minimum atomic E-state index is -0.312. The van der Waals surface area contributed by atoms with Gasteiger partial charge in [-0.1, -0.05) is 83.2 Å². The van der Waals surface area contributed by atoms with Gasteiger partial charge >= 0.3 is 0 Å². The number of hydrazone groups is 2. The lowest BCUT2D eigenvalue weighted by molar-refractivity contribution is 0.366. The van der Waals surface area contributed by atoms with Crippen LogP contribution in [-0.2, 0) is 0 Å². The zero-order valence-corrected chi connectivity index (χ0v) is 17.0. The summed E-state index contributed by atoms with van der Waals surface area (Å²) in [7, 11) is 0. The van der Waals surface area contributed by atoms with Crippen LogP contribution in [0.2, 0.25) is 0 Å². The summed E-state index contributed by atoms with van der Waals surface area (Å²) in [6.07, 6.45) is 0. The van der Waals surface area contributed by atoms with Gasteiger partial charge in [0.2, 0.25) is 0 Å². The van der Waals surface area contributed by atoms with Crippen molar-refractivity contribution in [1.29, 1.82) is 0 Å². The molecule has 26 heavy (non-hydrogen) atoms. The molecule has 0 spiro atoms. The highest BCUT2D eigenvalue weighted by molar-refractivity contribution is 8.19. The number of nitrogens with one attached hydrogen (secondary N) is 2. The van der Waals surface area contributed by atoms with Gasteiger partial charge < -0.3 is 0 Å². The third kappa shape index (κ3) is 3.01. The van der Waals surface area contributed by atoms with Crippen molar-refractivity contribution in [2.45, 2.75) is 37.4 Å². The largest absolute Gasteiger partial charge is 0.289 e. The number of nitrogens with zero attached hydrogens (tertiary/aromatic N) is 2. The van der Waals surface area contributed by atoms with Crippen LogP contribution in [0, 0.1) is 13.8 Å². The highest BCUT2D eigenvalue weighted by Gasteiger charge is 2.53. The SMILES string of the molecule is Cc1ccc(C2=NN[C@@](C)([C@]3(C)NN=C(c4ccc(C)cc4)S3)S2)cc1. The van der Waals surface area contributed by atoms with Crippen molar-refractivity contribution in [3.8, 4) is 0 Å². The summed E-state index contributed by atoms with van der Waals surface area (Å²) >= 11 is 3.50. The summed E-state index contributed by atoms with van der Waals surface area (Å²) in [6.45, 7) is 8.55. The maximum Gasteiger partial charge on any atom is 0.137 e. The highest BCUT2D eigenvalue weighted by Crippen LogP contribution is 2.48. The van der Waals surface area contributed by atoms with Gasteiger partial charge in [-0.2, -0.15) is 10.2 Å². The summed E-state index contributed by atoms with van der Waals surface area (Å²) in [5, 5.41) is 11.3. The second-order valence-corrected chi connectivity index (χ2v) is 9.87. The van der Waals surface area contributed by atoms with Gasteiger partial charge in [0.25, 0.3) is 0 Å². The van der Waals surface area contributed by atoms with E-state index in [1.54, 1.807) is 23.5 Å². The van der Waals surface area contributed by atoms with E-state index in [2.05, 4.69) is 97.3 Å². The Balaban J connectivity index is 1.51. The first kappa shape index (κ1) is 17.5. The van der Waals surface area contributed by atoms with E-state index in [1.165, 1.54) is 11.1 Å². The second-order valence-electron chi connectivity index (χ2n) is 7.06. The fourth-order valence-corrected chi connectivity index (χ4v) is 5.22. The summed E-state index contributed by atoms with van der Waals surface area (Å²) in [6, 6.07) is 17.0. The molecule has 2 heterocycles. The van der Waals surface area contributed by atoms with Crippen molar-refractivity contribution in [2.75, 3.05) is 0 Å². The Kier molecular flexibility index (Phi) is 4.28. The van der Waals surface area contributed by atoms with E-state index < -0.39 is 0 Å². The fourth-order valence-electron chi connectivity index (χ4n) is 2.84. The third-order valence-electron chi connectivity index (χ3n) is 4.85. The molecule has 2 aliphatic heterocycles. The molecule has 2 aliphatic rings. The van der Waals surface area contributed by atoms with E-state index in [-0.39, 0.29) is 9.74 Å². The van der Waals surface area contributed by atoms with Gasteiger partial charge in [0.05, 0.1) is 0 Å². The Morgan fingerprint density at radius 3 is 1.35 bits per heavy atom. The van der Waals surface area contributed by atoms with Crippen LogP contribution in [0.25, 0.3) is 0 Å². The number of rotatable bonds is 3. The standard InChI is InChI=1S/C20H22N4S2/c1-13-5-9-15(10-6-13)17-21-23-19(3,25-17)20(4)24-22-18(26-20)16-11-7-14(2)8-12-16/h5-12,23-24H,1-4H3/t19-,20-/m1/s1. The number of hydrogen-bond acceptors (Lipinski definition) is 6. The highest BCUT2D eigenvalue weighted by atomic mass is 32.2. The average molecular weight is 383 g/mol. The predicted molar refractivity (Wildman–Crippen MR) is 114 cm³/mol. The van der Waals surface area contributed by atoms with Gasteiger partial charge in [0.1, 0.15) is 19.8 Å². The van der Waals surface area contributed by atoms with Crippen LogP contribution in [-0.4, -0.2) is 19.8 Å².